The summed E-state index contributed by atoms with van der Waals surface area (Å²) >= 11 is 0. The zero-order valence-corrected chi connectivity index (χ0v) is 12.2. The summed E-state index contributed by atoms with van der Waals surface area (Å²) in [7, 11) is 0. The molecule has 19 heavy (non-hydrogen) atoms. The zero-order chi connectivity index (χ0) is 13.9. The lowest BCUT2D eigenvalue weighted by Gasteiger charge is -2.20. The van der Waals surface area contributed by atoms with E-state index in [2.05, 4.69) is 31.3 Å². The molecule has 0 radical (unpaired) electrons. The standard InChI is InChI=1S/C16H27NO2/c1-3-11-17-15(4-2)14-9-5-6-10-16(14)19-13-8-7-12-18/h5-6,9-10,15,17-18H,3-4,7-8,11-13H2,1-2H3. The molecule has 0 spiro atoms. The van der Waals surface area contributed by atoms with E-state index >= 15 is 0 Å². The van der Waals surface area contributed by atoms with Crippen molar-refractivity contribution < 1.29 is 9.84 Å². The van der Waals surface area contributed by atoms with Crippen molar-refractivity contribution in [2.75, 3.05) is 19.8 Å². The molecule has 3 heteroatoms. The van der Waals surface area contributed by atoms with Crippen LogP contribution in [0.5, 0.6) is 5.75 Å². The second-order valence-electron chi connectivity index (χ2n) is 4.73. The number of aliphatic hydroxyl groups is 1. The van der Waals surface area contributed by atoms with Gasteiger partial charge in [-0.2, -0.15) is 0 Å². The molecular weight excluding hydrogens is 238 g/mol. The van der Waals surface area contributed by atoms with Gasteiger partial charge in [0.2, 0.25) is 0 Å². The average Bonchev–Trinajstić information content (AvgIpc) is 2.45. The van der Waals surface area contributed by atoms with Gasteiger partial charge in [-0.05, 0) is 38.3 Å². The van der Waals surface area contributed by atoms with E-state index in [4.69, 9.17) is 9.84 Å². The van der Waals surface area contributed by atoms with Crippen LogP contribution in [0.4, 0.5) is 0 Å². The molecule has 0 amide bonds. The molecule has 1 atom stereocenters. The van der Waals surface area contributed by atoms with E-state index in [-0.39, 0.29) is 6.61 Å². The van der Waals surface area contributed by atoms with Crippen LogP contribution in [0.1, 0.15) is 51.1 Å². The fraction of sp³-hybridized carbons (Fsp3) is 0.625. The maximum atomic E-state index is 8.78. The van der Waals surface area contributed by atoms with Gasteiger partial charge in [0, 0.05) is 18.2 Å². The summed E-state index contributed by atoms with van der Waals surface area (Å²) < 4.78 is 5.85. The van der Waals surface area contributed by atoms with Crippen LogP contribution in [0.15, 0.2) is 24.3 Å². The Hall–Kier alpha value is -1.06. The molecule has 1 aromatic carbocycles. The summed E-state index contributed by atoms with van der Waals surface area (Å²) in [6, 6.07) is 8.60. The highest BCUT2D eigenvalue weighted by Gasteiger charge is 2.13. The molecule has 0 aliphatic rings. The molecule has 1 rings (SSSR count). The number of hydrogen-bond acceptors (Lipinski definition) is 3. The second kappa shape index (κ2) is 9.82. The van der Waals surface area contributed by atoms with Crippen molar-refractivity contribution in [1.82, 2.24) is 5.32 Å². The number of benzene rings is 1. The maximum Gasteiger partial charge on any atom is 0.124 e. The summed E-state index contributed by atoms with van der Waals surface area (Å²) in [5.74, 6) is 0.968. The first-order chi connectivity index (χ1) is 9.33. The van der Waals surface area contributed by atoms with Gasteiger partial charge in [-0.1, -0.05) is 32.0 Å². The normalized spacial score (nSPS) is 12.4. The average molecular weight is 265 g/mol. The van der Waals surface area contributed by atoms with Gasteiger partial charge >= 0.3 is 0 Å². The van der Waals surface area contributed by atoms with Crippen LogP contribution < -0.4 is 10.1 Å². The molecule has 0 saturated carbocycles. The molecule has 0 bridgehead atoms. The highest BCUT2D eigenvalue weighted by Crippen LogP contribution is 2.27. The Bertz CT molecular complexity index is 341. The minimum absolute atomic E-state index is 0.237. The van der Waals surface area contributed by atoms with Gasteiger partial charge in [0.1, 0.15) is 5.75 Å². The summed E-state index contributed by atoms with van der Waals surface area (Å²) in [6.45, 7) is 6.30. The lowest BCUT2D eigenvalue weighted by molar-refractivity contribution is 0.251. The number of ether oxygens (including phenoxy) is 1. The predicted octanol–water partition coefficient (Wildman–Crippen LogP) is 3.29. The Morgan fingerprint density at radius 1 is 1.21 bits per heavy atom. The first-order valence-electron chi connectivity index (χ1n) is 7.39. The van der Waals surface area contributed by atoms with E-state index in [1.165, 1.54) is 5.56 Å². The van der Waals surface area contributed by atoms with Crippen LogP contribution in [-0.2, 0) is 0 Å². The van der Waals surface area contributed by atoms with Crippen molar-refractivity contribution in [1.29, 1.82) is 0 Å². The number of hydrogen-bond donors (Lipinski definition) is 2. The SMILES string of the molecule is CCCNC(CC)c1ccccc1OCCCCO. The molecule has 0 aliphatic carbocycles. The fourth-order valence-corrected chi connectivity index (χ4v) is 2.09. The van der Waals surface area contributed by atoms with E-state index in [0.717, 1.165) is 38.0 Å². The molecule has 0 aromatic heterocycles. The molecule has 1 unspecified atom stereocenters. The fourth-order valence-electron chi connectivity index (χ4n) is 2.09. The molecule has 0 heterocycles. The third-order valence-corrected chi connectivity index (χ3v) is 3.15. The van der Waals surface area contributed by atoms with Crippen LogP contribution in [0, 0.1) is 0 Å². The van der Waals surface area contributed by atoms with E-state index in [1.54, 1.807) is 0 Å². The van der Waals surface area contributed by atoms with Gasteiger partial charge in [-0.3, -0.25) is 0 Å². The van der Waals surface area contributed by atoms with Crippen molar-refractivity contribution in [3.05, 3.63) is 29.8 Å². The minimum atomic E-state index is 0.237. The van der Waals surface area contributed by atoms with Gasteiger partial charge in [-0.25, -0.2) is 0 Å². The lowest BCUT2D eigenvalue weighted by Crippen LogP contribution is -2.22. The van der Waals surface area contributed by atoms with Gasteiger partial charge < -0.3 is 15.2 Å². The van der Waals surface area contributed by atoms with Crippen LogP contribution in [-0.4, -0.2) is 24.9 Å². The summed E-state index contributed by atoms with van der Waals surface area (Å²) in [4.78, 5) is 0. The van der Waals surface area contributed by atoms with Gasteiger partial charge in [0.15, 0.2) is 0 Å². The summed E-state index contributed by atoms with van der Waals surface area (Å²) in [5.41, 5.74) is 1.24. The smallest absolute Gasteiger partial charge is 0.124 e. The van der Waals surface area contributed by atoms with Crippen LogP contribution >= 0.6 is 0 Å². The second-order valence-corrected chi connectivity index (χ2v) is 4.73. The predicted molar refractivity (Wildman–Crippen MR) is 79.6 cm³/mol. The third-order valence-electron chi connectivity index (χ3n) is 3.15. The first kappa shape index (κ1) is 16.0. The number of nitrogens with one attached hydrogen (secondary N) is 1. The molecule has 108 valence electrons. The Morgan fingerprint density at radius 2 is 2.00 bits per heavy atom. The highest BCUT2D eigenvalue weighted by molar-refractivity contribution is 5.35. The Morgan fingerprint density at radius 3 is 2.68 bits per heavy atom. The van der Waals surface area contributed by atoms with Gasteiger partial charge in [0.25, 0.3) is 0 Å². The monoisotopic (exact) mass is 265 g/mol. The molecule has 3 nitrogen and oxygen atoms in total. The zero-order valence-electron chi connectivity index (χ0n) is 12.2. The molecule has 0 aliphatic heterocycles. The van der Waals surface area contributed by atoms with Crippen molar-refractivity contribution >= 4 is 0 Å². The van der Waals surface area contributed by atoms with E-state index < -0.39 is 0 Å². The number of aliphatic hydroxyl groups excluding tert-OH is 1. The van der Waals surface area contributed by atoms with E-state index in [1.807, 2.05) is 12.1 Å². The first-order valence-corrected chi connectivity index (χ1v) is 7.39. The van der Waals surface area contributed by atoms with Crippen molar-refractivity contribution in [3.63, 3.8) is 0 Å². The number of rotatable bonds is 10. The molecule has 1 aromatic rings. The quantitative estimate of drug-likeness (QED) is 0.638. The summed E-state index contributed by atoms with van der Waals surface area (Å²) in [5, 5.41) is 12.3. The maximum absolute atomic E-state index is 8.78. The van der Waals surface area contributed by atoms with Gasteiger partial charge in [-0.15, -0.1) is 0 Å². The Balaban J connectivity index is 2.64. The lowest BCUT2D eigenvalue weighted by atomic mass is 10.0. The van der Waals surface area contributed by atoms with E-state index in [9.17, 15) is 0 Å². The largest absolute Gasteiger partial charge is 0.493 e. The topological polar surface area (TPSA) is 41.5 Å². The van der Waals surface area contributed by atoms with E-state index in [0.29, 0.717) is 12.6 Å². The van der Waals surface area contributed by atoms with Crippen LogP contribution in [0.3, 0.4) is 0 Å². The molecule has 0 saturated heterocycles. The number of unbranched alkanes of at least 4 members (excludes halogenated alkanes) is 1. The molecule has 2 N–H and O–H groups in total. The highest BCUT2D eigenvalue weighted by atomic mass is 16.5. The minimum Gasteiger partial charge on any atom is -0.493 e. The summed E-state index contributed by atoms with van der Waals surface area (Å²) in [6.07, 6.45) is 3.88. The Labute approximate surface area is 117 Å². The van der Waals surface area contributed by atoms with Crippen molar-refractivity contribution in [3.8, 4) is 5.75 Å². The molecule has 0 fully saturated rings. The van der Waals surface area contributed by atoms with Gasteiger partial charge in [0.05, 0.1) is 6.61 Å². The van der Waals surface area contributed by atoms with Crippen molar-refractivity contribution in [2.45, 2.75) is 45.6 Å². The third kappa shape index (κ3) is 5.62. The Kier molecular flexibility index (Phi) is 8.26. The van der Waals surface area contributed by atoms with Crippen LogP contribution in [0.2, 0.25) is 0 Å². The number of para-hydroxylation sites is 1. The van der Waals surface area contributed by atoms with Crippen LogP contribution in [0.25, 0.3) is 0 Å². The van der Waals surface area contributed by atoms with Crippen molar-refractivity contribution in [2.24, 2.45) is 0 Å². The molecular formula is C16H27NO2.